The van der Waals surface area contributed by atoms with E-state index in [1.165, 1.54) is 0 Å². The summed E-state index contributed by atoms with van der Waals surface area (Å²) in [5.41, 5.74) is -0.461. The van der Waals surface area contributed by atoms with E-state index >= 15 is 0 Å². The molecule has 0 saturated heterocycles. The highest BCUT2D eigenvalue weighted by Crippen LogP contribution is 2.32. The van der Waals surface area contributed by atoms with Gasteiger partial charge in [0.05, 0.1) is 7.11 Å². The van der Waals surface area contributed by atoms with Gasteiger partial charge in [-0.15, -0.1) is 0 Å². The predicted molar refractivity (Wildman–Crippen MR) is 46.7 cm³/mol. The molecule has 0 aromatic heterocycles. The van der Waals surface area contributed by atoms with Crippen LogP contribution in [0.5, 0.6) is 11.5 Å². The molecule has 6 heteroatoms. The van der Waals surface area contributed by atoms with Gasteiger partial charge in [0.15, 0.2) is 23.4 Å². The van der Waals surface area contributed by atoms with Crippen molar-refractivity contribution in [3.05, 3.63) is 23.5 Å². The Kier molecular flexibility index (Phi) is 3.11. The van der Waals surface area contributed by atoms with Gasteiger partial charge in [0.25, 0.3) is 0 Å². The number of rotatable bonds is 2. The summed E-state index contributed by atoms with van der Waals surface area (Å²) >= 11 is 0. The largest absolute Gasteiger partial charge is 0.504 e. The molecule has 0 amide bonds. The van der Waals surface area contributed by atoms with Crippen molar-refractivity contribution in [1.29, 1.82) is 0 Å². The van der Waals surface area contributed by atoms with Crippen LogP contribution in [0.25, 0.3) is 0 Å². The normalized spacial score (nSPS) is 12.2. The Labute approximate surface area is 84.3 Å². The van der Waals surface area contributed by atoms with E-state index in [0.717, 1.165) is 19.2 Å². The maximum atomic E-state index is 13.2. The molecule has 0 spiro atoms. The Bertz CT molecular complexity index is 390. The van der Waals surface area contributed by atoms with Gasteiger partial charge in [0.1, 0.15) is 0 Å². The van der Waals surface area contributed by atoms with Crippen molar-refractivity contribution >= 4 is 5.97 Å². The molecule has 82 valence electrons. The number of benzene rings is 1. The number of hydrogen-bond donors (Lipinski definition) is 3. The average Bonchev–Trinajstić information content (AvgIpc) is 2.24. The van der Waals surface area contributed by atoms with E-state index in [4.69, 9.17) is 10.2 Å². The molecular weight excluding hydrogens is 207 g/mol. The summed E-state index contributed by atoms with van der Waals surface area (Å²) in [5.74, 6) is -4.00. The van der Waals surface area contributed by atoms with Gasteiger partial charge in [-0.2, -0.15) is 0 Å². The summed E-state index contributed by atoms with van der Waals surface area (Å²) in [7, 11) is 1.03. The lowest BCUT2D eigenvalue weighted by atomic mass is 10.1. The van der Waals surface area contributed by atoms with E-state index in [1.54, 1.807) is 0 Å². The number of ether oxygens (including phenoxy) is 1. The third-order valence-corrected chi connectivity index (χ3v) is 1.84. The van der Waals surface area contributed by atoms with Crippen molar-refractivity contribution in [3.63, 3.8) is 0 Å². The molecule has 15 heavy (non-hydrogen) atoms. The van der Waals surface area contributed by atoms with Crippen LogP contribution in [-0.2, 0) is 9.53 Å². The van der Waals surface area contributed by atoms with Crippen molar-refractivity contribution in [2.45, 2.75) is 6.10 Å². The molecule has 1 aromatic carbocycles. The summed E-state index contributed by atoms with van der Waals surface area (Å²) < 4.78 is 17.4. The van der Waals surface area contributed by atoms with E-state index in [9.17, 15) is 14.3 Å². The van der Waals surface area contributed by atoms with Crippen molar-refractivity contribution < 1.29 is 29.2 Å². The van der Waals surface area contributed by atoms with Crippen molar-refractivity contribution in [2.24, 2.45) is 0 Å². The summed E-state index contributed by atoms with van der Waals surface area (Å²) in [6.45, 7) is 0. The van der Waals surface area contributed by atoms with Crippen LogP contribution >= 0.6 is 0 Å². The highest BCUT2D eigenvalue weighted by atomic mass is 19.1. The lowest BCUT2D eigenvalue weighted by molar-refractivity contribution is -0.150. The molecule has 5 nitrogen and oxygen atoms in total. The second kappa shape index (κ2) is 4.14. The number of aliphatic hydroxyl groups is 1. The minimum Gasteiger partial charge on any atom is -0.504 e. The summed E-state index contributed by atoms with van der Waals surface area (Å²) in [6, 6.07) is 1.94. The molecule has 0 aliphatic rings. The van der Waals surface area contributed by atoms with E-state index in [0.29, 0.717) is 0 Å². The number of phenols is 2. The van der Waals surface area contributed by atoms with Gasteiger partial charge in [0.2, 0.25) is 0 Å². The minimum absolute atomic E-state index is 0.461. The molecular formula is C9H9FO5. The quantitative estimate of drug-likeness (QED) is 0.493. The maximum Gasteiger partial charge on any atom is 0.339 e. The molecule has 1 aromatic rings. The number of carbonyl (C=O) groups excluding carboxylic acids is 1. The summed E-state index contributed by atoms with van der Waals surface area (Å²) in [4.78, 5) is 10.9. The zero-order valence-electron chi connectivity index (χ0n) is 7.77. The number of halogens is 1. The lowest BCUT2D eigenvalue weighted by Gasteiger charge is -2.10. The van der Waals surface area contributed by atoms with E-state index < -0.39 is 35.0 Å². The SMILES string of the molecule is COC(=O)C(O)c1ccc(O)c(O)c1F. The molecule has 0 aliphatic heterocycles. The molecule has 0 bridgehead atoms. The van der Waals surface area contributed by atoms with Crippen molar-refractivity contribution in [2.75, 3.05) is 7.11 Å². The summed E-state index contributed by atoms with van der Waals surface area (Å²) in [5, 5.41) is 27.2. The van der Waals surface area contributed by atoms with Gasteiger partial charge < -0.3 is 20.1 Å². The fourth-order valence-electron chi connectivity index (χ4n) is 1.02. The third-order valence-electron chi connectivity index (χ3n) is 1.84. The zero-order valence-corrected chi connectivity index (χ0v) is 7.77. The van der Waals surface area contributed by atoms with Crippen molar-refractivity contribution in [3.8, 4) is 11.5 Å². The van der Waals surface area contributed by atoms with Gasteiger partial charge in [-0.1, -0.05) is 0 Å². The molecule has 0 fully saturated rings. The Hall–Kier alpha value is -1.82. The summed E-state index contributed by atoms with van der Waals surface area (Å²) in [6.07, 6.45) is -1.83. The first-order valence-electron chi connectivity index (χ1n) is 3.95. The first-order valence-corrected chi connectivity index (χ1v) is 3.95. The fraction of sp³-hybridized carbons (Fsp3) is 0.222. The van der Waals surface area contributed by atoms with E-state index in [1.807, 2.05) is 0 Å². The van der Waals surface area contributed by atoms with Crippen LogP contribution < -0.4 is 0 Å². The second-order valence-electron chi connectivity index (χ2n) is 2.76. The highest BCUT2D eigenvalue weighted by Gasteiger charge is 2.24. The van der Waals surface area contributed by atoms with Gasteiger partial charge >= 0.3 is 5.97 Å². The number of aliphatic hydroxyl groups excluding tert-OH is 1. The van der Waals surface area contributed by atoms with Crippen LogP contribution in [-0.4, -0.2) is 28.4 Å². The average molecular weight is 216 g/mol. The van der Waals surface area contributed by atoms with Crippen LogP contribution in [0.15, 0.2) is 12.1 Å². The highest BCUT2D eigenvalue weighted by molar-refractivity contribution is 5.76. The number of methoxy groups -OCH3 is 1. The number of esters is 1. The molecule has 1 rings (SSSR count). The number of hydrogen-bond acceptors (Lipinski definition) is 5. The van der Waals surface area contributed by atoms with Gasteiger partial charge in [-0.05, 0) is 12.1 Å². The standard InChI is InChI=1S/C9H9FO5/c1-15-9(14)7(12)4-2-3-5(11)8(13)6(4)10/h2-3,7,11-13H,1H3. The topological polar surface area (TPSA) is 87.0 Å². The van der Waals surface area contributed by atoms with Crippen LogP contribution in [0, 0.1) is 5.82 Å². The van der Waals surface area contributed by atoms with Crippen molar-refractivity contribution in [1.82, 2.24) is 0 Å². The Morgan fingerprint density at radius 2 is 2.07 bits per heavy atom. The Morgan fingerprint density at radius 3 is 2.60 bits per heavy atom. The third kappa shape index (κ3) is 1.99. The maximum absolute atomic E-state index is 13.2. The van der Waals surface area contributed by atoms with Crippen LogP contribution in [0.3, 0.4) is 0 Å². The van der Waals surface area contributed by atoms with Crippen LogP contribution in [0.4, 0.5) is 4.39 Å². The molecule has 3 N–H and O–H groups in total. The Balaban J connectivity index is 3.16. The molecule has 0 radical (unpaired) electrons. The lowest BCUT2D eigenvalue weighted by Crippen LogP contribution is -2.14. The zero-order chi connectivity index (χ0) is 11.6. The number of aromatic hydroxyl groups is 2. The first kappa shape index (κ1) is 11.3. The first-order chi connectivity index (χ1) is 6.99. The van der Waals surface area contributed by atoms with Crippen LogP contribution in [0.2, 0.25) is 0 Å². The van der Waals surface area contributed by atoms with E-state index in [2.05, 4.69) is 4.74 Å². The van der Waals surface area contributed by atoms with Gasteiger partial charge in [-0.3, -0.25) is 0 Å². The Morgan fingerprint density at radius 1 is 1.47 bits per heavy atom. The predicted octanol–water partition coefficient (Wildman–Crippen LogP) is 0.443. The van der Waals surface area contributed by atoms with Gasteiger partial charge in [-0.25, -0.2) is 9.18 Å². The second-order valence-corrected chi connectivity index (χ2v) is 2.76. The fourth-order valence-corrected chi connectivity index (χ4v) is 1.02. The monoisotopic (exact) mass is 216 g/mol. The number of carbonyl (C=O) groups is 1. The molecule has 0 aliphatic carbocycles. The molecule has 0 saturated carbocycles. The van der Waals surface area contributed by atoms with E-state index in [-0.39, 0.29) is 0 Å². The smallest absolute Gasteiger partial charge is 0.339 e. The molecule has 1 unspecified atom stereocenters. The minimum atomic E-state index is -1.83. The molecule has 0 heterocycles. The van der Waals surface area contributed by atoms with Gasteiger partial charge in [0, 0.05) is 5.56 Å². The van der Waals surface area contributed by atoms with Crippen LogP contribution in [0.1, 0.15) is 11.7 Å². The number of phenolic OH excluding ortho intramolecular Hbond substituents is 2. The molecule has 1 atom stereocenters.